The number of likely N-dealkylation sites (tertiary alicyclic amines) is 1. The van der Waals surface area contributed by atoms with Crippen LogP contribution in [0.2, 0.25) is 0 Å². The molecule has 1 N–H and O–H groups in total. The normalized spacial score (nSPS) is 15.9. The summed E-state index contributed by atoms with van der Waals surface area (Å²) in [4.78, 5) is 30.8. The third-order valence-electron chi connectivity index (χ3n) is 5.23. The van der Waals surface area contributed by atoms with Gasteiger partial charge in [-0.1, -0.05) is 17.3 Å². The molecule has 1 fully saturated rings. The van der Waals surface area contributed by atoms with Gasteiger partial charge in [0.2, 0.25) is 23.5 Å². The summed E-state index contributed by atoms with van der Waals surface area (Å²) in [5.41, 5.74) is 1.04. The van der Waals surface area contributed by atoms with Crippen molar-refractivity contribution < 1.29 is 22.9 Å². The van der Waals surface area contributed by atoms with Crippen LogP contribution in [0.15, 0.2) is 53.1 Å². The van der Waals surface area contributed by atoms with Gasteiger partial charge in [0.25, 0.3) is 0 Å². The van der Waals surface area contributed by atoms with Crippen molar-refractivity contribution in [2.24, 2.45) is 0 Å². The molecule has 1 unspecified atom stereocenters. The average Bonchev–Trinajstić information content (AvgIpc) is 3.31. The number of hydrogen-bond donors (Lipinski definition) is 1. The van der Waals surface area contributed by atoms with E-state index in [0.29, 0.717) is 36.1 Å². The maximum atomic E-state index is 13.5. The van der Waals surface area contributed by atoms with Crippen molar-refractivity contribution in [1.29, 1.82) is 0 Å². The van der Waals surface area contributed by atoms with Crippen molar-refractivity contribution in [3.63, 3.8) is 0 Å². The van der Waals surface area contributed by atoms with E-state index in [0.717, 1.165) is 12.8 Å². The number of rotatable bonds is 7. The lowest BCUT2D eigenvalue weighted by atomic mass is 9.98. The second-order valence-electron chi connectivity index (χ2n) is 7.69. The molecule has 7 nitrogen and oxygen atoms in total. The number of nitrogens with zero attached hydrogens (tertiary/aromatic N) is 3. The first-order valence-electron chi connectivity index (χ1n) is 10.5. The van der Waals surface area contributed by atoms with Crippen LogP contribution < -0.4 is 5.32 Å². The molecule has 1 aromatic heterocycles. The van der Waals surface area contributed by atoms with Crippen LogP contribution in [0.3, 0.4) is 0 Å². The van der Waals surface area contributed by atoms with Crippen molar-refractivity contribution in [1.82, 2.24) is 15.0 Å². The van der Waals surface area contributed by atoms with E-state index in [4.69, 9.17) is 4.52 Å². The fraction of sp³-hybridized carbons (Fsp3) is 0.304. The quantitative estimate of drug-likeness (QED) is 0.557. The zero-order chi connectivity index (χ0) is 23.2. The summed E-state index contributed by atoms with van der Waals surface area (Å²) >= 11 is 1.22. The van der Waals surface area contributed by atoms with Crippen molar-refractivity contribution in [3.8, 4) is 11.4 Å². The number of anilines is 1. The Morgan fingerprint density at radius 1 is 1.12 bits per heavy atom. The van der Waals surface area contributed by atoms with Crippen LogP contribution in [0, 0.1) is 11.6 Å². The highest BCUT2D eigenvalue weighted by molar-refractivity contribution is 8.00. The van der Waals surface area contributed by atoms with Gasteiger partial charge in [-0.05, 0) is 49.2 Å². The summed E-state index contributed by atoms with van der Waals surface area (Å²) in [5.74, 6) is -0.146. The van der Waals surface area contributed by atoms with Gasteiger partial charge in [0.15, 0.2) is 0 Å². The molecule has 2 heterocycles. The molecule has 2 amide bonds. The highest BCUT2D eigenvalue weighted by atomic mass is 32.2. The van der Waals surface area contributed by atoms with Gasteiger partial charge in [0.1, 0.15) is 11.6 Å². The number of piperidine rings is 1. The maximum absolute atomic E-state index is 13.5. The van der Waals surface area contributed by atoms with E-state index in [1.807, 2.05) is 0 Å². The van der Waals surface area contributed by atoms with E-state index in [2.05, 4.69) is 15.5 Å². The van der Waals surface area contributed by atoms with Gasteiger partial charge in [0.05, 0.1) is 17.4 Å². The lowest BCUT2D eigenvalue weighted by Gasteiger charge is -2.31. The molecule has 1 atom stereocenters. The summed E-state index contributed by atoms with van der Waals surface area (Å²) in [6, 6.07) is 11.5. The summed E-state index contributed by atoms with van der Waals surface area (Å²) in [5, 5.41) is 6.62. The minimum atomic E-state index is -0.378. The van der Waals surface area contributed by atoms with Gasteiger partial charge in [-0.2, -0.15) is 4.98 Å². The Bertz CT molecular complexity index is 1120. The van der Waals surface area contributed by atoms with Crippen LogP contribution in [0.4, 0.5) is 14.5 Å². The minimum Gasteiger partial charge on any atom is -0.341 e. The zero-order valence-electron chi connectivity index (χ0n) is 17.7. The predicted molar refractivity (Wildman–Crippen MR) is 121 cm³/mol. The summed E-state index contributed by atoms with van der Waals surface area (Å²) in [6.45, 7) is 1.08. The minimum absolute atomic E-state index is 0.0656. The number of carbonyl (C=O) groups excluding carboxylic acids is 2. The van der Waals surface area contributed by atoms with E-state index in [9.17, 15) is 18.4 Å². The van der Waals surface area contributed by atoms with E-state index in [1.165, 1.54) is 48.2 Å². The molecule has 0 radical (unpaired) electrons. The first-order valence-corrected chi connectivity index (χ1v) is 11.6. The second-order valence-corrected chi connectivity index (χ2v) is 8.68. The van der Waals surface area contributed by atoms with Crippen molar-refractivity contribution >= 4 is 29.3 Å². The summed E-state index contributed by atoms with van der Waals surface area (Å²) in [6.07, 6.45) is 1.60. The zero-order valence-corrected chi connectivity index (χ0v) is 18.5. The van der Waals surface area contributed by atoms with Gasteiger partial charge in [-0.15, -0.1) is 11.8 Å². The van der Waals surface area contributed by atoms with Crippen LogP contribution >= 0.6 is 11.8 Å². The average molecular weight is 473 g/mol. The summed E-state index contributed by atoms with van der Waals surface area (Å²) < 4.78 is 31.8. The predicted octanol–water partition coefficient (Wildman–Crippen LogP) is 4.09. The number of amides is 2. The Kier molecular flexibility index (Phi) is 7.33. The fourth-order valence-corrected chi connectivity index (χ4v) is 4.32. The Morgan fingerprint density at radius 2 is 1.94 bits per heavy atom. The number of hydrogen-bond acceptors (Lipinski definition) is 6. The Morgan fingerprint density at radius 3 is 2.73 bits per heavy atom. The molecular weight excluding hydrogens is 450 g/mol. The SMILES string of the molecule is O=C(CSCC(=O)N1CCCC(c2nc(-c3cccc(F)c3)no2)C1)Nc1ccc(F)cc1. The monoisotopic (exact) mass is 472 g/mol. The fourth-order valence-electron chi connectivity index (χ4n) is 3.60. The molecule has 1 aliphatic heterocycles. The lowest BCUT2D eigenvalue weighted by Crippen LogP contribution is -2.40. The third-order valence-corrected chi connectivity index (χ3v) is 6.15. The Labute approximate surface area is 193 Å². The molecule has 3 aromatic rings. The van der Waals surface area contributed by atoms with Crippen molar-refractivity contribution in [2.75, 3.05) is 29.9 Å². The van der Waals surface area contributed by atoms with Crippen LogP contribution in [-0.4, -0.2) is 51.5 Å². The maximum Gasteiger partial charge on any atom is 0.234 e. The molecule has 10 heteroatoms. The molecular formula is C23H22F2N4O3S. The third kappa shape index (κ3) is 6.16. The molecule has 1 aliphatic rings. The number of halogens is 2. The molecule has 2 aromatic carbocycles. The highest BCUT2D eigenvalue weighted by Gasteiger charge is 2.28. The van der Waals surface area contributed by atoms with E-state index in [-0.39, 0.29) is 40.9 Å². The molecule has 172 valence electrons. The van der Waals surface area contributed by atoms with Crippen LogP contribution in [0.5, 0.6) is 0 Å². The molecule has 33 heavy (non-hydrogen) atoms. The Balaban J connectivity index is 1.26. The second kappa shape index (κ2) is 10.6. The van der Waals surface area contributed by atoms with Gasteiger partial charge in [-0.25, -0.2) is 8.78 Å². The Hall–Kier alpha value is -3.27. The van der Waals surface area contributed by atoms with E-state index < -0.39 is 0 Å². The molecule has 0 saturated carbocycles. The number of nitrogens with one attached hydrogen (secondary N) is 1. The number of benzene rings is 2. The molecule has 1 saturated heterocycles. The highest BCUT2D eigenvalue weighted by Crippen LogP contribution is 2.28. The first kappa shape index (κ1) is 22.9. The van der Waals surface area contributed by atoms with Gasteiger partial charge in [-0.3, -0.25) is 9.59 Å². The largest absolute Gasteiger partial charge is 0.341 e. The smallest absolute Gasteiger partial charge is 0.234 e. The topological polar surface area (TPSA) is 88.3 Å². The molecule has 0 aliphatic carbocycles. The summed E-state index contributed by atoms with van der Waals surface area (Å²) in [7, 11) is 0. The van der Waals surface area contributed by atoms with E-state index in [1.54, 1.807) is 17.0 Å². The van der Waals surface area contributed by atoms with Crippen LogP contribution in [0.1, 0.15) is 24.7 Å². The number of carbonyl (C=O) groups is 2. The van der Waals surface area contributed by atoms with Gasteiger partial charge in [0, 0.05) is 24.3 Å². The van der Waals surface area contributed by atoms with Gasteiger partial charge >= 0.3 is 0 Å². The van der Waals surface area contributed by atoms with Gasteiger partial charge < -0.3 is 14.7 Å². The van der Waals surface area contributed by atoms with Crippen LogP contribution in [0.25, 0.3) is 11.4 Å². The van der Waals surface area contributed by atoms with Crippen molar-refractivity contribution in [3.05, 3.63) is 66.1 Å². The van der Waals surface area contributed by atoms with E-state index >= 15 is 0 Å². The molecule has 0 spiro atoms. The number of thioether (sulfide) groups is 1. The van der Waals surface area contributed by atoms with Crippen molar-refractivity contribution in [2.45, 2.75) is 18.8 Å². The number of aromatic nitrogens is 2. The first-order chi connectivity index (χ1) is 16.0. The lowest BCUT2D eigenvalue weighted by molar-refractivity contribution is -0.129. The standard InChI is InChI=1S/C23H22F2N4O3S/c24-17-6-8-19(9-7-17)26-20(30)13-33-14-21(31)29-10-2-4-16(12-29)23-27-22(28-32-23)15-3-1-5-18(25)11-15/h1,3,5-9,11,16H,2,4,10,12-14H2,(H,26,30). The molecule has 0 bridgehead atoms. The molecule has 4 rings (SSSR count). The van der Waals surface area contributed by atoms with Crippen LogP contribution in [-0.2, 0) is 9.59 Å².